The van der Waals surface area contributed by atoms with Crippen molar-refractivity contribution in [3.63, 3.8) is 0 Å². The van der Waals surface area contributed by atoms with Gasteiger partial charge in [0.2, 0.25) is 0 Å². The molecule has 4 heteroatoms. The number of furan rings is 1. The molecule has 3 nitrogen and oxygen atoms in total. The highest BCUT2D eigenvalue weighted by Gasteiger charge is 2.07. The lowest BCUT2D eigenvalue weighted by atomic mass is 10.3. The van der Waals surface area contributed by atoms with E-state index in [0.717, 1.165) is 31.9 Å². The molecule has 1 heterocycles. The largest absolute Gasteiger partial charge is 0.448 e. The first kappa shape index (κ1) is 13.6. The standard InChI is InChI=1S/C12H21ClN2O/c1-4-15(5-2)9-10(3)14-8-11-6-7-12(13)16-11/h6-7,10,14H,4-5,8-9H2,1-3H3. The van der Waals surface area contributed by atoms with Crippen LogP contribution in [0.3, 0.4) is 0 Å². The maximum absolute atomic E-state index is 5.70. The third-order valence-electron chi connectivity index (χ3n) is 2.68. The Kier molecular flexibility index (Phi) is 5.88. The number of nitrogens with one attached hydrogen (secondary N) is 1. The molecule has 0 amide bonds. The van der Waals surface area contributed by atoms with Gasteiger partial charge in [0.1, 0.15) is 5.76 Å². The summed E-state index contributed by atoms with van der Waals surface area (Å²) in [4.78, 5) is 2.40. The van der Waals surface area contributed by atoms with E-state index in [2.05, 4.69) is 31.0 Å². The smallest absolute Gasteiger partial charge is 0.193 e. The maximum Gasteiger partial charge on any atom is 0.193 e. The summed E-state index contributed by atoms with van der Waals surface area (Å²) in [5, 5.41) is 3.87. The molecule has 0 radical (unpaired) electrons. The fraction of sp³-hybridized carbons (Fsp3) is 0.667. The van der Waals surface area contributed by atoms with E-state index in [0.29, 0.717) is 11.3 Å². The molecule has 0 aliphatic rings. The summed E-state index contributed by atoms with van der Waals surface area (Å²) < 4.78 is 5.28. The summed E-state index contributed by atoms with van der Waals surface area (Å²) in [5.41, 5.74) is 0. The third kappa shape index (κ3) is 4.56. The van der Waals surface area contributed by atoms with Crippen LogP contribution >= 0.6 is 11.6 Å². The first-order valence-electron chi connectivity index (χ1n) is 5.85. The molecule has 0 aliphatic heterocycles. The number of hydrogen-bond donors (Lipinski definition) is 1. The van der Waals surface area contributed by atoms with Crippen LogP contribution in [0.15, 0.2) is 16.5 Å². The van der Waals surface area contributed by atoms with Crippen LogP contribution in [-0.4, -0.2) is 30.6 Å². The fourth-order valence-electron chi connectivity index (χ4n) is 1.66. The van der Waals surface area contributed by atoms with Gasteiger partial charge in [-0.3, -0.25) is 0 Å². The lowest BCUT2D eigenvalue weighted by Crippen LogP contribution is -2.38. The van der Waals surface area contributed by atoms with Crippen LogP contribution in [0.5, 0.6) is 0 Å². The third-order valence-corrected chi connectivity index (χ3v) is 2.88. The Balaban J connectivity index is 2.26. The van der Waals surface area contributed by atoms with E-state index in [9.17, 15) is 0 Å². The van der Waals surface area contributed by atoms with Crippen LogP contribution in [0, 0.1) is 0 Å². The first-order chi connectivity index (χ1) is 7.65. The molecule has 0 aromatic carbocycles. The normalized spacial score (nSPS) is 13.3. The number of halogens is 1. The van der Waals surface area contributed by atoms with Gasteiger partial charge in [0, 0.05) is 12.6 Å². The van der Waals surface area contributed by atoms with Crippen LogP contribution in [0.2, 0.25) is 5.22 Å². The van der Waals surface area contributed by atoms with E-state index < -0.39 is 0 Å². The minimum Gasteiger partial charge on any atom is -0.448 e. The topological polar surface area (TPSA) is 28.4 Å². The molecule has 1 unspecified atom stereocenters. The van der Waals surface area contributed by atoms with E-state index >= 15 is 0 Å². The molecule has 1 rings (SSSR count). The lowest BCUT2D eigenvalue weighted by molar-refractivity contribution is 0.268. The van der Waals surface area contributed by atoms with Crippen molar-refractivity contribution in [1.82, 2.24) is 10.2 Å². The highest BCUT2D eigenvalue weighted by atomic mass is 35.5. The number of nitrogens with zero attached hydrogens (tertiary/aromatic N) is 1. The lowest BCUT2D eigenvalue weighted by Gasteiger charge is -2.23. The molecule has 0 aliphatic carbocycles. The second kappa shape index (κ2) is 6.94. The molecule has 0 saturated carbocycles. The summed E-state index contributed by atoms with van der Waals surface area (Å²) >= 11 is 5.70. The quantitative estimate of drug-likeness (QED) is 0.800. The van der Waals surface area contributed by atoms with Gasteiger partial charge in [0.25, 0.3) is 0 Å². The molecule has 0 fully saturated rings. The van der Waals surface area contributed by atoms with Crippen molar-refractivity contribution in [2.24, 2.45) is 0 Å². The highest BCUT2D eigenvalue weighted by Crippen LogP contribution is 2.12. The molecule has 1 aromatic rings. The summed E-state index contributed by atoms with van der Waals surface area (Å²) in [7, 11) is 0. The van der Waals surface area contributed by atoms with E-state index in [4.69, 9.17) is 16.0 Å². The second-order valence-corrected chi connectivity index (χ2v) is 4.35. The van der Waals surface area contributed by atoms with E-state index in [-0.39, 0.29) is 0 Å². The summed E-state index contributed by atoms with van der Waals surface area (Å²) in [5.74, 6) is 0.886. The van der Waals surface area contributed by atoms with Crippen LogP contribution in [0.1, 0.15) is 26.5 Å². The van der Waals surface area contributed by atoms with Crippen LogP contribution in [-0.2, 0) is 6.54 Å². The molecule has 0 saturated heterocycles. The molecular weight excluding hydrogens is 224 g/mol. The average molecular weight is 245 g/mol. The summed E-state index contributed by atoms with van der Waals surface area (Å²) in [6.45, 7) is 10.5. The minimum atomic E-state index is 0.448. The summed E-state index contributed by atoms with van der Waals surface area (Å²) in [6, 6.07) is 4.12. The molecular formula is C12H21ClN2O. The minimum absolute atomic E-state index is 0.448. The predicted octanol–water partition coefficient (Wildman–Crippen LogP) is 2.75. The zero-order valence-electron chi connectivity index (χ0n) is 10.3. The van der Waals surface area contributed by atoms with Gasteiger partial charge in [-0.15, -0.1) is 0 Å². The van der Waals surface area contributed by atoms with Crippen LogP contribution in [0.4, 0.5) is 0 Å². The SMILES string of the molecule is CCN(CC)CC(C)NCc1ccc(Cl)o1. The van der Waals surface area contributed by atoms with Gasteiger partial charge < -0.3 is 14.6 Å². The molecule has 0 bridgehead atoms. The predicted molar refractivity (Wildman–Crippen MR) is 67.8 cm³/mol. The van der Waals surface area contributed by atoms with Crippen molar-refractivity contribution >= 4 is 11.6 Å². The zero-order chi connectivity index (χ0) is 12.0. The Morgan fingerprint density at radius 3 is 2.56 bits per heavy atom. The number of hydrogen-bond acceptors (Lipinski definition) is 3. The van der Waals surface area contributed by atoms with E-state index in [1.165, 1.54) is 0 Å². The average Bonchev–Trinajstić information content (AvgIpc) is 2.69. The number of rotatable bonds is 7. The molecule has 1 N–H and O–H groups in total. The zero-order valence-corrected chi connectivity index (χ0v) is 11.0. The molecule has 92 valence electrons. The van der Waals surface area contributed by atoms with Crippen molar-refractivity contribution in [1.29, 1.82) is 0 Å². The van der Waals surface area contributed by atoms with Gasteiger partial charge in [0.15, 0.2) is 5.22 Å². The van der Waals surface area contributed by atoms with Gasteiger partial charge in [-0.05, 0) is 43.7 Å². The highest BCUT2D eigenvalue weighted by molar-refractivity contribution is 6.28. The Labute approximate surface area is 103 Å². The van der Waals surface area contributed by atoms with Gasteiger partial charge in [0.05, 0.1) is 6.54 Å². The first-order valence-corrected chi connectivity index (χ1v) is 6.23. The van der Waals surface area contributed by atoms with E-state index in [1.54, 1.807) is 6.07 Å². The monoisotopic (exact) mass is 244 g/mol. The Morgan fingerprint density at radius 2 is 2.06 bits per heavy atom. The molecule has 16 heavy (non-hydrogen) atoms. The van der Waals surface area contributed by atoms with Gasteiger partial charge >= 0.3 is 0 Å². The van der Waals surface area contributed by atoms with Crippen LogP contribution in [0.25, 0.3) is 0 Å². The van der Waals surface area contributed by atoms with E-state index in [1.807, 2.05) is 6.07 Å². The van der Waals surface area contributed by atoms with Crippen molar-refractivity contribution in [2.45, 2.75) is 33.4 Å². The van der Waals surface area contributed by atoms with Gasteiger partial charge in [-0.1, -0.05) is 13.8 Å². The Hall–Kier alpha value is -0.510. The van der Waals surface area contributed by atoms with Crippen molar-refractivity contribution < 1.29 is 4.42 Å². The van der Waals surface area contributed by atoms with Crippen molar-refractivity contribution in [2.75, 3.05) is 19.6 Å². The maximum atomic E-state index is 5.70. The van der Waals surface area contributed by atoms with Gasteiger partial charge in [-0.2, -0.15) is 0 Å². The van der Waals surface area contributed by atoms with Crippen LogP contribution < -0.4 is 5.32 Å². The summed E-state index contributed by atoms with van der Waals surface area (Å²) in [6.07, 6.45) is 0. The Bertz CT molecular complexity index is 297. The fourth-order valence-corrected chi connectivity index (χ4v) is 1.82. The molecule has 1 aromatic heterocycles. The Morgan fingerprint density at radius 1 is 1.38 bits per heavy atom. The number of likely N-dealkylation sites (N-methyl/N-ethyl adjacent to an activating group) is 1. The van der Waals surface area contributed by atoms with Crippen molar-refractivity contribution in [3.05, 3.63) is 23.1 Å². The molecule has 1 atom stereocenters. The van der Waals surface area contributed by atoms with Gasteiger partial charge in [-0.25, -0.2) is 0 Å². The molecule has 0 spiro atoms. The van der Waals surface area contributed by atoms with Crippen molar-refractivity contribution in [3.8, 4) is 0 Å². The second-order valence-electron chi connectivity index (χ2n) is 3.97.